The predicted octanol–water partition coefficient (Wildman–Crippen LogP) is 3.67. The Morgan fingerprint density at radius 3 is 2.68 bits per heavy atom. The Kier molecular flexibility index (Phi) is 5.79. The van der Waals surface area contributed by atoms with Crippen molar-refractivity contribution in [2.24, 2.45) is 0 Å². The van der Waals surface area contributed by atoms with Crippen molar-refractivity contribution in [3.8, 4) is 22.6 Å². The lowest BCUT2D eigenvalue weighted by molar-refractivity contribution is 0.0936. The molecule has 8 heteroatoms. The Hall–Kier alpha value is -3.94. The first-order valence-electron chi connectivity index (χ1n) is 9.83. The molecule has 0 aliphatic heterocycles. The summed E-state index contributed by atoms with van der Waals surface area (Å²) in [6.45, 7) is 4.31. The number of carbonyl (C=O) groups is 1. The van der Waals surface area contributed by atoms with Gasteiger partial charge in [0.2, 0.25) is 0 Å². The first-order chi connectivity index (χ1) is 15.0. The van der Waals surface area contributed by atoms with Gasteiger partial charge in [-0.2, -0.15) is 5.10 Å². The highest BCUT2D eigenvalue weighted by atomic mass is 19.1. The third-order valence-corrected chi connectivity index (χ3v) is 4.72. The lowest BCUT2D eigenvalue weighted by Crippen LogP contribution is -2.36. The van der Waals surface area contributed by atoms with E-state index in [2.05, 4.69) is 25.4 Å². The number of aromatic nitrogens is 5. The summed E-state index contributed by atoms with van der Waals surface area (Å²) in [5.74, 6) is -0.0843. The zero-order chi connectivity index (χ0) is 21.8. The molecule has 0 spiro atoms. The van der Waals surface area contributed by atoms with Crippen molar-refractivity contribution in [3.05, 3.63) is 84.3 Å². The van der Waals surface area contributed by atoms with Crippen molar-refractivity contribution >= 4 is 5.91 Å². The van der Waals surface area contributed by atoms with Crippen molar-refractivity contribution in [2.75, 3.05) is 0 Å². The third kappa shape index (κ3) is 4.80. The van der Waals surface area contributed by atoms with Crippen molar-refractivity contribution in [1.29, 1.82) is 0 Å². The van der Waals surface area contributed by atoms with E-state index in [1.54, 1.807) is 35.4 Å². The molecule has 3 heterocycles. The summed E-state index contributed by atoms with van der Waals surface area (Å²) in [6, 6.07) is 10.1. The molecule has 31 heavy (non-hydrogen) atoms. The fourth-order valence-electron chi connectivity index (χ4n) is 3.25. The molecule has 3 aromatic heterocycles. The highest BCUT2D eigenvalue weighted by molar-refractivity contribution is 6.00. The van der Waals surface area contributed by atoms with Crippen LogP contribution in [-0.4, -0.2) is 36.7 Å². The number of aryl methyl sites for hydroxylation is 1. The summed E-state index contributed by atoms with van der Waals surface area (Å²) in [5, 5.41) is 7.34. The van der Waals surface area contributed by atoms with E-state index >= 15 is 0 Å². The van der Waals surface area contributed by atoms with Gasteiger partial charge in [0.25, 0.3) is 5.91 Å². The SMILES string of the molecule is Cc1ccc(-c2ncccn2)c(C(=O)N[C@@H](C)Cn2cc(-c3ccc(F)cn3)cn2)c1. The van der Waals surface area contributed by atoms with E-state index < -0.39 is 0 Å². The van der Waals surface area contributed by atoms with Crippen LogP contribution >= 0.6 is 0 Å². The summed E-state index contributed by atoms with van der Waals surface area (Å²) >= 11 is 0. The van der Waals surface area contributed by atoms with E-state index in [0.717, 1.165) is 11.1 Å². The summed E-state index contributed by atoms with van der Waals surface area (Å²) in [5.41, 5.74) is 3.59. The van der Waals surface area contributed by atoms with Crippen molar-refractivity contribution in [3.63, 3.8) is 0 Å². The molecule has 0 aliphatic carbocycles. The minimum absolute atomic E-state index is 0.188. The molecular formula is C23H21FN6O. The molecular weight excluding hydrogens is 395 g/mol. The first kappa shape index (κ1) is 20.3. The number of nitrogens with zero attached hydrogens (tertiary/aromatic N) is 5. The Morgan fingerprint density at radius 2 is 1.94 bits per heavy atom. The van der Waals surface area contributed by atoms with Gasteiger partial charge in [-0.3, -0.25) is 14.5 Å². The Labute approximate surface area is 179 Å². The van der Waals surface area contributed by atoms with Crippen LogP contribution in [0.25, 0.3) is 22.6 Å². The maximum atomic E-state index is 13.1. The van der Waals surface area contributed by atoms with Crippen LogP contribution in [0.2, 0.25) is 0 Å². The van der Waals surface area contributed by atoms with Crippen LogP contribution in [0.15, 0.2) is 67.4 Å². The van der Waals surface area contributed by atoms with Gasteiger partial charge >= 0.3 is 0 Å². The van der Waals surface area contributed by atoms with Gasteiger partial charge in [-0.1, -0.05) is 17.7 Å². The quantitative estimate of drug-likeness (QED) is 0.518. The van der Waals surface area contributed by atoms with E-state index in [0.29, 0.717) is 29.2 Å². The Bertz CT molecular complexity index is 1190. The maximum Gasteiger partial charge on any atom is 0.252 e. The van der Waals surface area contributed by atoms with Crippen LogP contribution in [0.4, 0.5) is 4.39 Å². The highest BCUT2D eigenvalue weighted by Gasteiger charge is 2.17. The number of benzene rings is 1. The molecule has 0 fully saturated rings. The van der Waals surface area contributed by atoms with E-state index in [1.807, 2.05) is 38.2 Å². The standard InChI is InChI=1S/C23H21FN6O/c1-15-4-6-19(22-25-8-3-9-26-22)20(10-15)23(31)29-16(2)13-30-14-17(11-28-30)21-7-5-18(24)12-27-21/h3-12,14,16H,13H2,1-2H3,(H,29,31)/t16-/m0/s1. The molecule has 4 aromatic rings. The van der Waals surface area contributed by atoms with Crippen LogP contribution in [-0.2, 0) is 6.54 Å². The molecule has 1 atom stereocenters. The Balaban J connectivity index is 1.47. The van der Waals surface area contributed by atoms with E-state index in [4.69, 9.17) is 0 Å². The monoisotopic (exact) mass is 416 g/mol. The predicted molar refractivity (Wildman–Crippen MR) is 115 cm³/mol. The molecule has 0 radical (unpaired) electrons. The second-order valence-electron chi connectivity index (χ2n) is 7.31. The zero-order valence-electron chi connectivity index (χ0n) is 17.2. The minimum Gasteiger partial charge on any atom is -0.348 e. The molecule has 1 amide bonds. The molecule has 0 saturated carbocycles. The number of rotatable bonds is 6. The second-order valence-corrected chi connectivity index (χ2v) is 7.31. The molecule has 0 bridgehead atoms. The van der Waals surface area contributed by atoms with Gasteiger partial charge < -0.3 is 5.32 Å². The second kappa shape index (κ2) is 8.83. The molecule has 156 valence electrons. The van der Waals surface area contributed by atoms with Crippen LogP contribution in [0.1, 0.15) is 22.8 Å². The van der Waals surface area contributed by atoms with Gasteiger partial charge in [0.15, 0.2) is 5.82 Å². The normalized spacial score (nSPS) is 11.8. The van der Waals surface area contributed by atoms with Gasteiger partial charge in [-0.05, 0) is 38.1 Å². The fraction of sp³-hybridized carbons (Fsp3) is 0.174. The summed E-state index contributed by atoms with van der Waals surface area (Å²) in [6.07, 6.45) is 7.96. The lowest BCUT2D eigenvalue weighted by atomic mass is 10.0. The lowest BCUT2D eigenvalue weighted by Gasteiger charge is -2.16. The van der Waals surface area contributed by atoms with E-state index in [9.17, 15) is 9.18 Å². The minimum atomic E-state index is -0.385. The van der Waals surface area contributed by atoms with Crippen molar-refractivity contribution in [2.45, 2.75) is 26.4 Å². The average Bonchev–Trinajstić information content (AvgIpc) is 3.23. The van der Waals surface area contributed by atoms with Gasteiger partial charge in [-0.25, -0.2) is 14.4 Å². The molecule has 0 unspecified atom stereocenters. The molecule has 0 aliphatic rings. The molecule has 1 N–H and O–H groups in total. The number of carbonyl (C=O) groups excluding carboxylic acids is 1. The average molecular weight is 416 g/mol. The molecule has 4 rings (SSSR count). The Morgan fingerprint density at radius 1 is 1.13 bits per heavy atom. The van der Waals surface area contributed by atoms with E-state index in [-0.39, 0.29) is 17.8 Å². The number of hydrogen-bond donors (Lipinski definition) is 1. The number of nitrogens with one attached hydrogen (secondary N) is 1. The first-order valence-corrected chi connectivity index (χ1v) is 9.83. The summed E-state index contributed by atoms with van der Waals surface area (Å²) in [4.78, 5) is 25.6. The van der Waals surface area contributed by atoms with Gasteiger partial charge in [0.1, 0.15) is 5.82 Å². The number of pyridine rings is 1. The van der Waals surface area contributed by atoms with Crippen LogP contribution in [0.3, 0.4) is 0 Å². The van der Waals surface area contributed by atoms with Gasteiger partial charge in [0, 0.05) is 35.8 Å². The van der Waals surface area contributed by atoms with E-state index in [1.165, 1.54) is 12.3 Å². The van der Waals surface area contributed by atoms with Crippen LogP contribution < -0.4 is 5.32 Å². The number of amides is 1. The molecule has 7 nitrogen and oxygen atoms in total. The van der Waals surface area contributed by atoms with Crippen LogP contribution in [0.5, 0.6) is 0 Å². The third-order valence-electron chi connectivity index (χ3n) is 4.72. The molecule has 1 aromatic carbocycles. The fourth-order valence-corrected chi connectivity index (χ4v) is 3.25. The van der Waals surface area contributed by atoms with Crippen molar-refractivity contribution in [1.82, 2.24) is 30.0 Å². The topological polar surface area (TPSA) is 85.6 Å². The van der Waals surface area contributed by atoms with Gasteiger partial charge in [-0.15, -0.1) is 0 Å². The number of halogens is 1. The molecule has 0 saturated heterocycles. The highest BCUT2D eigenvalue weighted by Crippen LogP contribution is 2.21. The maximum absolute atomic E-state index is 13.1. The smallest absolute Gasteiger partial charge is 0.252 e. The number of hydrogen-bond acceptors (Lipinski definition) is 5. The van der Waals surface area contributed by atoms with Crippen molar-refractivity contribution < 1.29 is 9.18 Å². The van der Waals surface area contributed by atoms with Crippen LogP contribution in [0, 0.1) is 12.7 Å². The zero-order valence-corrected chi connectivity index (χ0v) is 17.2. The summed E-state index contributed by atoms with van der Waals surface area (Å²) in [7, 11) is 0. The summed E-state index contributed by atoms with van der Waals surface area (Å²) < 4.78 is 14.8. The largest absolute Gasteiger partial charge is 0.348 e. The van der Waals surface area contributed by atoms with Gasteiger partial charge in [0.05, 0.1) is 30.2 Å².